The van der Waals surface area contributed by atoms with Gasteiger partial charge in [-0.1, -0.05) is 6.07 Å². The van der Waals surface area contributed by atoms with Crippen molar-refractivity contribution in [1.82, 2.24) is 9.55 Å². The first-order valence-electron chi connectivity index (χ1n) is 9.66. The van der Waals surface area contributed by atoms with Crippen molar-refractivity contribution in [2.75, 3.05) is 25.1 Å². The molecule has 1 saturated heterocycles. The van der Waals surface area contributed by atoms with E-state index in [0.717, 1.165) is 32.4 Å². The highest BCUT2D eigenvalue weighted by molar-refractivity contribution is 5.94. The molecule has 0 amide bonds. The molecule has 0 bridgehead atoms. The number of aromatic nitrogens is 2. The summed E-state index contributed by atoms with van der Waals surface area (Å²) in [6.45, 7) is 3.21. The Hall–Kier alpha value is -3.22. The lowest BCUT2D eigenvalue weighted by Gasteiger charge is -2.30. The van der Waals surface area contributed by atoms with Crippen LogP contribution in [0.2, 0.25) is 0 Å². The Morgan fingerprint density at radius 2 is 1.86 bits per heavy atom. The lowest BCUT2D eigenvalue weighted by molar-refractivity contribution is 0.0601. The zero-order valence-electron chi connectivity index (χ0n) is 16.4. The Labute approximate surface area is 167 Å². The number of benzene rings is 2. The maximum atomic E-state index is 14.3. The molecule has 1 aliphatic heterocycles. The minimum atomic E-state index is -0.488. The summed E-state index contributed by atoms with van der Waals surface area (Å²) in [7, 11) is 1.31. The van der Waals surface area contributed by atoms with Gasteiger partial charge in [-0.25, -0.2) is 18.7 Å². The van der Waals surface area contributed by atoms with Gasteiger partial charge >= 0.3 is 5.97 Å². The Morgan fingerprint density at radius 1 is 1.10 bits per heavy atom. The van der Waals surface area contributed by atoms with Crippen LogP contribution in [-0.2, 0) is 4.74 Å². The van der Waals surface area contributed by atoms with Crippen molar-refractivity contribution in [1.29, 1.82) is 0 Å². The zero-order chi connectivity index (χ0) is 20.5. The van der Waals surface area contributed by atoms with Crippen LogP contribution >= 0.6 is 0 Å². The van der Waals surface area contributed by atoms with Gasteiger partial charge in [-0.05, 0) is 62.1 Å². The second kappa shape index (κ2) is 7.66. The molecule has 0 saturated carbocycles. The molecule has 0 spiro atoms. The van der Waals surface area contributed by atoms with E-state index in [9.17, 15) is 14.0 Å². The first kappa shape index (κ1) is 19.1. The van der Waals surface area contributed by atoms with Crippen molar-refractivity contribution in [2.45, 2.75) is 26.2 Å². The first-order valence-corrected chi connectivity index (χ1v) is 9.66. The lowest BCUT2D eigenvalue weighted by Crippen LogP contribution is -2.36. The first-order chi connectivity index (χ1) is 14.0. The van der Waals surface area contributed by atoms with Crippen LogP contribution in [-0.4, -0.2) is 35.7 Å². The predicted molar refractivity (Wildman–Crippen MR) is 109 cm³/mol. The zero-order valence-corrected chi connectivity index (χ0v) is 16.4. The molecule has 0 radical (unpaired) electrons. The third kappa shape index (κ3) is 3.48. The van der Waals surface area contributed by atoms with Gasteiger partial charge in [-0.2, -0.15) is 0 Å². The average Bonchev–Trinajstić information content (AvgIpc) is 2.75. The van der Waals surface area contributed by atoms with Gasteiger partial charge < -0.3 is 9.64 Å². The molecule has 150 valence electrons. The van der Waals surface area contributed by atoms with E-state index < -0.39 is 5.97 Å². The fraction of sp³-hybridized carbons (Fsp3) is 0.318. The number of carbonyl (C=O) groups is 1. The van der Waals surface area contributed by atoms with E-state index in [4.69, 9.17) is 9.72 Å². The fourth-order valence-corrected chi connectivity index (χ4v) is 3.68. The fourth-order valence-electron chi connectivity index (χ4n) is 3.68. The van der Waals surface area contributed by atoms with Crippen LogP contribution in [0.15, 0.2) is 41.2 Å². The van der Waals surface area contributed by atoms with E-state index in [1.165, 1.54) is 23.8 Å². The van der Waals surface area contributed by atoms with E-state index in [-0.39, 0.29) is 11.4 Å². The number of hydrogen-bond acceptors (Lipinski definition) is 5. The number of anilines is 1. The molecule has 1 fully saturated rings. The molecular weight excluding hydrogens is 373 g/mol. The number of piperidine rings is 1. The van der Waals surface area contributed by atoms with Gasteiger partial charge in [-0.3, -0.25) is 4.79 Å². The Kier molecular flexibility index (Phi) is 5.05. The number of methoxy groups -OCH3 is 1. The van der Waals surface area contributed by atoms with Crippen LogP contribution in [0.5, 0.6) is 0 Å². The summed E-state index contributed by atoms with van der Waals surface area (Å²) in [5, 5.41) is 0.361. The highest BCUT2D eigenvalue weighted by atomic mass is 19.1. The number of esters is 1. The van der Waals surface area contributed by atoms with Gasteiger partial charge in [0, 0.05) is 13.1 Å². The third-order valence-corrected chi connectivity index (χ3v) is 5.33. The second-order valence-electron chi connectivity index (χ2n) is 7.26. The van der Waals surface area contributed by atoms with Crippen molar-refractivity contribution < 1.29 is 13.9 Å². The molecule has 4 rings (SSSR count). The van der Waals surface area contributed by atoms with Gasteiger partial charge in [0.1, 0.15) is 5.82 Å². The van der Waals surface area contributed by atoms with Crippen molar-refractivity contribution in [2.24, 2.45) is 0 Å². The quantitative estimate of drug-likeness (QED) is 0.634. The van der Waals surface area contributed by atoms with E-state index in [1.54, 1.807) is 31.2 Å². The average molecular weight is 395 g/mol. The van der Waals surface area contributed by atoms with Crippen molar-refractivity contribution in [3.63, 3.8) is 0 Å². The molecule has 7 heteroatoms. The number of fused-ring (bicyclic) bond motifs is 1. The highest BCUT2D eigenvalue weighted by Gasteiger charge is 2.21. The SMILES string of the molecule is COC(=O)c1ccc2c(=O)n(-c3ccc(C)c(F)c3)c(N3CCCCC3)nc2c1. The van der Waals surface area contributed by atoms with E-state index in [0.29, 0.717) is 33.7 Å². The second-order valence-corrected chi connectivity index (χ2v) is 7.26. The molecule has 0 aliphatic carbocycles. The van der Waals surface area contributed by atoms with Crippen LogP contribution in [0.1, 0.15) is 35.2 Å². The topological polar surface area (TPSA) is 64.4 Å². The van der Waals surface area contributed by atoms with Crippen LogP contribution < -0.4 is 10.5 Å². The summed E-state index contributed by atoms with van der Waals surface area (Å²) in [6, 6.07) is 9.41. The Bertz CT molecular complexity index is 1150. The van der Waals surface area contributed by atoms with Gasteiger partial charge in [0.05, 0.1) is 29.3 Å². The number of halogens is 1. The van der Waals surface area contributed by atoms with Crippen LogP contribution in [0.3, 0.4) is 0 Å². The van der Waals surface area contributed by atoms with Gasteiger partial charge in [0.2, 0.25) is 5.95 Å². The summed E-state index contributed by atoms with van der Waals surface area (Å²) >= 11 is 0. The van der Waals surface area contributed by atoms with Gasteiger partial charge in [0.15, 0.2) is 0 Å². The largest absolute Gasteiger partial charge is 0.465 e. The highest BCUT2D eigenvalue weighted by Crippen LogP contribution is 2.24. The number of hydrogen-bond donors (Lipinski definition) is 0. The number of carbonyl (C=O) groups excluding carboxylic acids is 1. The summed E-state index contributed by atoms with van der Waals surface area (Å²) < 4.78 is 20.5. The van der Waals surface area contributed by atoms with Crippen LogP contribution in [0, 0.1) is 12.7 Å². The normalized spacial score (nSPS) is 14.2. The summed E-state index contributed by atoms with van der Waals surface area (Å²) in [4.78, 5) is 32.1. The molecule has 0 atom stereocenters. The minimum absolute atomic E-state index is 0.296. The standard InChI is InChI=1S/C22H22FN3O3/c1-14-6-8-16(13-18(14)23)26-20(27)17-9-7-15(21(28)29-2)12-19(17)24-22(26)25-10-4-3-5-11-25/h6-9,12-13H,3-5,10-11H2,1-2H3. The molecule has 1 aromatic heterocycles. The van der Waals surface area contributed by atoms with E-state index >= 15 is 0 Å². The molecular formula is C22H22FN3O3. The molecule has 0 N–H and O–H groups in total. The van der Waals surface area contributed by atoms with Gasteiger partial charge in [0.25, 0.3) is 5.56 Å². The number of nitrogens with zero attached hydrogens (tertiary/aromatic N) is 3. The lowest BCUT2D eigenvalue weighted by atomic mass is 10.1. The number of ether oxygens (including phenoxy) is 1. The van der Waals surface area contributed by atoms with Crippen molar-refractivity contribution in [3.8, 4) is 5.69 Å². The molecule has 6 nitrogen and oxygen atoms in total. The van der Waals surface area contributed by atoms with E-state index in [1.807, 2.05) is 4.90 Å². The number of rotatable bonds is 3. The maximum Gasteiger partial charge on any atom is 0.337 e. The summed E-state index contributed by atoms with van der Waals surface area (Å²) in [6.07, 6.45) is 3.12. The van der Waals surface area contributed by atoms with E-state index in [2.05, 4.69) is 0 Å². The van der Waals surface area contributed by atoms with Crippen LogP contribution in [0.4, 0.5) is 10.3 Å². The smallest absolute Gasteiger partial charge is 0.337 e. The molecule has 2 aromatic carbocycles. The Morgan fingerprint density at radius 3 is 2.55 bits per heavy atom. The Balaban J connectivity index is 1.98. The predicted octanol–water partition coefficient (Wildman–Crippen LogP) is 3.61. The van der Waals surface area contributed by atoms with Gasteiger partial charge in [-0.15, -0.1) is 0 Å². The summed E-state index contributed by atoms with van der Waals surface area (Å²) in [5.41, 5.74) is 1.40. The van der Waals surface area contributed by atoms with Crippen molar-refractivity contribution >= 4 is 22.8 Å². The minimum Gasteiger partial charge on any atom is -0.465 e. The molecule has 3 aromatic rings. The molecule has 0 unspecified atom stereocenters. The molecule has 29 heavy (non-hydrogen) atoms. The van der Waals surface area contributed by atoms with Crippen LogP contribution in [0.25, 0.3) is 16.6 Å². The van der Waals surface area contributed by atoms with Crippen molar-refractivity contribution in [3.05, 3.63) is 63.7 Å². The molecule has 1 aliphatic rings. The molecule has 2 heterocycles. The maximum absolute atomic E-state index is 14.3. The number of aryl methyl sites for hydroxylation is 1. The monoisotopic (exact) mass is 395 g/mol. The summed E-state index contributed by atoms with van der Waals surface area (Å²) in [5.74, 6) is -0.398. The third-order valence-electron chi connectivity index (χ3n) is 5.33.